The number of amides is 2. The first-order chi connectivity index (χ1) is 9.61. The van der Waals surface area contributed by atoms with Gasteiger partial charge in [-0.3, -0.25) is 0 Å². The summed E-state index contributed by atoms with van der Waals surface area (Å²) in [5.41, 5.74) is -0.148. The van der Waals surface area contributed by atoms with Crippen molar-refractivity contribution in [2.45, 2.75) is 39.8 Å². The molecule has 2 unspecified atom stereocenters. The lowest BCUT2D eigenvalue weighted by Gasteiger charge is -2.26. The van der Waals surface area contributed by atoms with E-state index in [1.807, 2.05) is 20.8 Å². The van der Waals surface area contributed by atoms with Crippen molar-refractivity contribution < 1.29 is 18.7 Å². The monoisotopic (exact) mass is 300 g/mol. The predicted molar refractivity (Wildman–Crippen MR) is 76.8 cm³/mol. The quantitative estimate of drug-likeness (QED) is 0.800. The molecule has 4 nitrogen and oxygen atoms in total. The van der Waals surface area contributed by atoms with Crippen LogP contribution in [0.5, 0.6) is 0 Å². The van der Waals surface area contributed by atoms with Gasteiger partial charge < -0.3 is 15.7 Å². The summed E-state index contributed by atoms with van der Waals surface area (Å²) in [5.74, 6) is -1.38. The van der Waals surface area contributed by atoms with Crippen molar-refractivity contribution in [2.75, 3.05) is 6.54 Å². The zero-order valence-corrected chi connectivity index (χ0v) is 12.7. The molecule has 0 aliphatic heterocycles. The van der Waals surface area contributed by atoms with Gasteiger partial charge >= 0.3 is 6.03 Å². The van der Waals surface area contributed by atoms with Crippen LogP contribution in [-0.2, 0) is 0 Å². The van der Waals surface area contributed by atoms with Gasteiger partial charge in [0.25, 0.3) is 0 Å². The molecule has 0 bridgehead atoms. The Labute approximate surface area is 123 Å². The zero-order chi connectivity index (χ0) is 16.2. The van der Waals surface area contributed by atoms with Crippen molar-refractivity contribution >= 4 is 6.03 Å². The summed E-state index contributed by atoms with van der Waals surface area (Å²) in [4.78, 5) is 11.7. The largest absolute Gasteiger partial charge is 0.391 e. The molecule has 0 aromatic heterocycles. The van der Waals surface area contributed by atoms with Crippen LogP contribution in [0.25, 0.3) is 0 Å². The van der Waals surface area contributed by atoms with E-state index in [9.17, 15) is 18.7 Å². The molecule has 2 amide bonds. The van der Waals surface area contributed by atoms with Gasteiger partial charge in [-0.1, -0.05) is 26.8 Å². The molecule has 1 aromatic carbocycles. The molecule has 6 heteroatoms. The highest BCUT2D eigenvalue weighted by atomic mass is 19.1. The Kier molecular flexibility index (Phi) is 5.66. The van der Waals surface area contributed by atoms with Crippen LogP contribution < -0.4 is 10.6 Å². The summed E-state index contributed by atoms with van der Waals surface area (Å²) in [6, 6.07) is 2.07. The van der Waals surface area contributed by atoms with Gasteiger partial charge in [0, 0.05) is 18.2 Å². The van der Waals surface area contributed by atoms with E-state index < -0.39 is 29.8 Å². The van der Waals surface area contributed by atoms with Crippen molar-refractivity contribution in [2.24, 2.45) is 5.41 Å². The number of rotatable bonds is 4. The third-order valence-corrected chi connectivity index (χ3v) is 3.23. The Balaban J connectivity index is 2.55. The molecular weight excluding hydrogens is 278 g/mol. The molecule has 21 heavy (non-hydrogen) atoms. The van der Waals surface area contributed by atoms with Crippen LogP contribution in [0.2, 0.25) is 0 Å². The van der Waals surface area contributed by atoms with Crippen molar-refractivity contribution in [1.29, 1.82) is 0 Å². The second kappa shape index (κ2) is 6.85. The fourth-order valence-corrected chi connectivity index (χ4v) is 1.67. The number of nitrogens with one attached hydrogen (secondary N) is 2. The number of urea groups is 1. The van der Waals surface area contributed by atoms with Gasteiger partial charge in [-0.15, -0.1) is 0 Å². The molecule has 0 fully saturated rings. The minimum Gasteiger partial charge on any atom is -0.391 e. The smallest absolute Gasteiger partial charge is 0.315 e. The van der Waals surface area contributed by atoms with Crippen molar-refractivity contribution in [3.63, 3.8) is 0 Å². The summed E-state index contributed by atoms with van der Waals surface area (Å²) >= 11 is 0. The fourth-order valence-electron chi connectivity index (χ4n) is 1.67. The summed E-state index contributed by atoms with van der Waals surface area (Å²) in [7, 11) is 0. The molecular formula is C15H22F2N2O2. The van der Waals surface area contributed by atoms with Crippen LogP contribution in [0.15, 0.2) is 18.2 Å². The van der Waals surface area contributed by atoms with Gasteiger partial charge in [0.2, 0.25) is 0 Å². The third kappa shape index (κ3) is 5.30. The van der Waals surface area contributed by atoms with E-state index in [0.717, 1.165) is 12.1 Å². The van der Waals surface area contributed by atoms with Crippen LogP contribution in [-0.4, -0.2) is 23.8 Å². The molecule has 0 spiro atoms. The molecule has 0 heterocycles. The average Bonchev–Trinajstić information content (AvgIpc) is 2.34. The summed E-state index contributed by atoms with van der Waals surface area (Å²) in [5, 5.41) is 14.9. The molecule has 0 radical (unpaired) electrons. The van der Waals surface area contributed by atoms with Crippen LogP contribution in [0.3, 0.4) is 0 Å². The predicted octanol–water partition coefficient (Wildman–Crippen LogP) is 2.73. The van der Waals surface area contributed by atoms with Gasteiger partial charge in [-0.2, -0.15) is 0 Å². The molecule has 0 aliphatic carbocycles. The van der Waals surface area contributed by atoms with E-state index in [-0.39, 0.29) is 17.5 Å². The van der Waals surface area contributed by atoms with Gasteiger partial charge in [0.15, 0.2) is 0 Å². The van der Waals surface area contributed by atoms with E-state index in [1.165, 1.54) is 6.07 Å². The Morgan fingerprint density at radius 2 is 1.95 bits per heavy atom. The Hall–Kier alpha value is -1.69. The zero-order valence-electron chi connectivity index (χ0n) is 12.7. The molecule has 1 rings (SSSR count). The first-order valence-electron chi connectivity index (χ1n) is 6.78. The van der Waals surface area contributed by atoms with Crippen LogP contribution in [0, 0.1) is 17.0 Å². The number of hydrogen-bond donors (Lipinski definition) is 3. The number of halogens is 2. The summed E-state index contributed by atoms with van der Waals surface area (Å²) < 4.78 is 26.4. The standard InChI is InChI=1S/C15H22F2N2O2/c1-9(11-6-5-10(16)7-12(11)17)19-14(21)18-8-13(20)15(2,3)4/h5-7,9,13,20H,8H2,1-4H3,(H2,18,19,21). The van der Waals surface area contributed by atoms with E-state index in [0.29, 0.717) is 0 Å². The van der Waals surface area contributed by atoms with Gasteiger partial charge in [-0.05, 0) is 18.4 Å². The van der Waals surface area contributed by atoms with Crippen LogP contribution in [0.4, 0.5) is 13.6 Å². The molecule has 2 atom stereocenters. The molecule has 0 saturated heterocycles. The average molecular weight is 300 g/mol. The minimum absolute atomic E-state index is 0.0912. The maximum Gasteiger partial charge on any atom is 0.315 e. The van der Waals surface area contributed by atoms with Gasteiger partial charge in [0.05, 0.1) is 12.1 Å². The Bertz CT molecular complexity index is 501. The number of benzene rings is 1. The number of hydrogen-bond acceptors (Lipinski definition) is 2. The van der Waals surface area contributed by atoms with E-state index in [4.69, 9.17) is 0 Å². The highest BCUT2D eigenvalue weighted by Gasteiger charge is 2.22. The number of carbonyl (C=O) groups is 1. The van der Waals surface area contributed by atoms with Gasteiger partial charge in [-0.25, -0.2) is 13.6 Å². The lowest BCUT2D eigenvalue weighted by atomic mass is 9.89. The molecule has 0 saturated carbocycles. The molecule has 0 aliphatic rings. The molecule has 118 valence electrons. The van der Waals surface area contributed by atoms with Crippen LogP contribution in [0.1, 0.15) is 39.3 Å². The summed E-state index contributed by atoms with van der Waals surface area (Å²) in [6.45, 7) is 7.25. The maximum absolute atomic E-state index is 13.6. The first-order valence-corrected chi connectivity index (χ1v) is 6.78. The first kappa shape index (κ1) is 17.4. The number of aliphatic hydroxyl groups is 1. The van der Waals surface area contributed by atoms with Crippen molar-refractivity contribution in [1.82, 2.24) is 10.6 Å². The van der Waals surface area contributed by atoms with E-state index >= 15 is 0 Å². The Morgan fingerprint density at radius 3 is 2.48 bits per heavy atom. The lowest BCUT2D eigenvalue weighted by Crippen LogP contribution is -2.44. The van der Waals surface area contributed by atoms with E-state index in [2.05, 4.69) is 10.6 Å². The second-order valence-electron chi connectivity index (χ2n) is 6.12. The van der Waals surface area contributed by atoms with Crippen molar-refractivity contribution in [3.05, 3.63) is 35.4 Å². The van der Waals surface area contributed by atoms with Crippen LogP contribution >= 0.6 is 0 Å². The minimum atomic E-state index is -0.711. The maximum atomic E-state index is 13.6. The Morgan fingerprint density at radius 1 is 1.33 bits per heavy atom. The van der Waals surface area contributed by atoms with E-state index in [1.54, 1.807) is 6.92 Å². The molecule has 1 aromatic rings. The highest BCUT2D eigenvalue weighted by molar-refractivity contribution is 5.74. The molecule has 3 N–H and O–H groups in total. The number of carbonyl (C=O) groups excluding carboxylic acids is 1. The number of aliphatic hydroxyl groups excluding tert-OH is 1. The third-order valence-electron chi connectivity index (χ3n) is 3.23. The van der Waals surface area contributed by atoms with Gasteiger partial charge in [0.1, 0.15) is 11.6 Å². The lowest BCUT2D eigenvalue weighted by molar-refractivity contribution is 0.0649. The highest BCUT2D eigenvalue weighted by Crippen LogP contribution is 2.19. The summed E-state index contributed by atoms with van der Waals surface area (Å²) in [6.07, 6.45) is -0.693. The van der Waals surface area contributed by atoms with Crippen molar-refractivity contribution in [3.8, 4) is 0 Å². The normalized spacial score (nSPS) is 14.4. The fraction of sp³-hybridized carbons (Fsp3) is 0.533. The topological polar surface area (TPSA) is 61.4 Å². The second-order valence-corrected chi connectivity index (χ2v) is 6.12. The SMILES string of the molecule is CC(NC(=O)NCC(O)C(C)(C)C)c1ccc(F)cc1F.